The number of carbonyl (C=O) groups excluding carboxylic acids is 1. The van der Waals surface area contributed by atoms with Crippen LogP contribution in [0, 0.1) is 6.92 Å². The van der Waals surface area contributed by atoms with Crippen molar-refractivity contribution >= 4 is 34.3 Å². The molecule has 2 unspecified atom stereocenters. The number of amides is 1. The molecule has 1 fully saturated rings. The minimum atomic E-state index is -0.102. The second-order valence-electron chi connectivity index (χ2n) is 6.95. The second-order valence-corrected chi connectivity index (χ2v) is 8.77. The Hall–Kier alpha value is -2.45. The summed E-state index contributed by atoms with van der Waals surface area (Å²) >= 11 is 3.10. The van der Waals surface area contributed by atoms with Gasteiger partial charge in [0.25, 0.3) is 5.91 Å². The van der Waals surface area contributed by atoms with Gasteiger partial charge in [0.1, 0.15) is 11.1 Å². The Morgan fingerprint density at radius 2 is 2.07 bits per heavy atom. The summed E-state index contributed by atoms with van der Waals surface area (Å²) in [6.45, 7) is 4.52. The summed E-state index contributed by atoms with van der Waals surface area (Å²) in [5.74, 6) is 0.579. The van der Waals surface area contributed by atoms with E-state index in [0.29, 0.717) is 23.7 Å². The number of anilines is 1. The van der Waals surface area contributed by atoms with Crippen molar-refractivity contribution in [2.45, 2.75) is 38.8 Å². The molecule has 1 aliphatic rings. The van der Waals surface area contributed by atoms with Gasteiger partial charge in [-0.1, -0.05) is 0 Å². The van der Waals surface area contributed by atoms with Crippen LogP contribution in [0.15, 0.2) is 35.3 Å². The Bertz CT molecular complexity index is 971. The largest absolute Gasteiger partial charge is 0.472 e. The first kappa shape index (κ1) is 18.9. The minimum Gasteiger partial charge on any atom is -0.472 e. The average molecular weight is 415 g/mol. The van der Waals surface area contributed by atoms with E-state index >= 15 is 0 Å². The van der Waals surface area contributed by atoms with Crippen molar-refractivity contribution < 1.29 is 9.53 Å². The minimum absolute atomic E-state index is 0.0320. The zero-order valence-corrected chi connectivity index (χ0v) is 17.4. The molecule has 1 aliphatic heterocycles. The van der Waals surface area contributed by atoms with Gasteiger partial charge in [-0.25, -0.2) is 9.97 Å². The Morgan fingerprint density at radius 1 is 1.21 bits per heavy atom. The fourth-order valence-corrected chi connectivity index (χ4v) is 5.05. The molecule has 8 heteroatoms. The van der Waals surface area contributed by atoms with Crippen molar-refractivity contribution in [1.29, 1.82) is 0 Å². The molecule has 0 bridgehead atoms. The van der Waals surface area contributed by atoms with Crippen LogP contribution in [0.2, 0.25) is 0 Å². The number of aromatic nitrogens is 2. The molecular weight excluding hydrogens is 392 g/mol. The van der Waals surface area contributed by atoms with Crippen LogP contribution in [-0.2, 0) is 0 Å². The topological polar surface area (TPSA) is 81.3 Å². The van der Waals surface area contributed by atoms with Gasteiger partial charge in [0, 0.05) is 35.1 Å². The van der Waals surface area contributed by atoms with Crippen molar-refractivity contribution in [2.24, 2.45) is 0 Å². The van der Waals surface area contributed by atoms with Crippen molar-refractivity contribution in [3.8, 4) is 15.8 Å². The number of nitrogens with two attached hydrogens (primary N) is 1. The lowest BCUT2D eigenvalue weighted by Crippen LogP contribution is -2.49. The van der Waals surface area contributed by atoms with Crippen molar-refractivity contribution in [2.75, 3.05) is 12.3 Å². The molecule has 28 heavy (non-hydrogen) atoms. The first-order chi connectivity index (χ1) is 13.5. The van der Waals surface area contributed by atoms with Crippen LogP contribution >= 0.6 is 22.7 Å². The Kier molecular flexibility index (Phi) is 5.32. The van der Waals surface area contributed by atoms with E-state index in [1.54, 1.807) is 41.1 Å². The van der Waals surface area contributed by atoms with E-state index in [4.69, 9.17) is 10.5 Å². The van der Waals surface area contributed by atoms with Gasteiger partial charge in [-0.3, -0.25) is 4.79 Å². The molecule has 2 atom stereocenters. The number of hydrogen-bond acceptors (Lipinski definition) is 7. The van der Waals surface area contributed by atoms with Crippen LogP contribution in [0.4, 0.5) is 5.69 Å². The summed E-state index contributed by atoms with van der Waals surface area (Å²) in [5.41, 5.74) is 8.17. The highest BCUT2D eigenvalue weighted by Gasteiger charge is 2.32. The molecule has 4 rings (SSSR count). The SMILES string of the molecule is Cc1c(N)ccnc1OC1CCC(C)N(C(=O)c2ccsc2-c2nccs2)C1. The first-order valence-electron chi connectivity index (χ1n) is 9.20. The third kappa shape index (κ3) is 3.62. The highest BCUT2D eigenvalue weighted by atomic mass is 32.1. The van der Waals surface area contributed by atoms with Gasteiger partial charge in [-0.15, -0.1) is 22.7 Å². The number of hydrogen-bond donors (Lipinski definition) is 1. The summed E-state index contributed by atoms with van der Waals surface area (Å²) in [6.07, 6.45) is 5.08. The average Bonchev–Trinajstić information content (AvgIpc) is 3.37. The third-order valence-corrected chi connectivity index (χ3v) is 6.94. The van der Waals surface area contributed by atoms with Crippen molar-refractivity contribution in [1.82, 2.24) is 14.9 Å². The van der Waals surface area contributed by atoms with E-state index < -0.39 is 0 Å². The number of rotatable bonds is 4. The number of pyridine rings is 1. The predicted octanol–water partition coefficient (Wildman–Crippen LogP) is 4.23. The number of ether oxygens (including phenoxy) is 1. The highest BCUT2D eigenvalue weighted by Crippen LogP contribution is 2.33. The number of nitrogen functional groups attached to an aromatic ring is 1. The second kappa shape index (κ2) is 7.89. The number of likely N-dealkylation sites (tertiary alicyclic amines) is 1. The molecule has 0 aromatic carbocycles. The van der Waals surface area contributed by atoms with E-state index in [1.165, 1.54) is 0 Å². The number of thiophene rings is 1. The Labute approximate surface area is 172 Å². The van der Waals surface area contributed by atoms with Crippen LogP contribution in [0.5, 0.6) is 5.88 Å². The van der Waals surface area contributed by atoms with Crippen LogP contribution in [-0.4, -0.2) is 39.5 Å². The Balaban J connectivity index is 1.54. The zero-order chi connectivity index (χ0) is 19.7. The molecule has 1 amide bonds. The molecule has 0 radical (unpaired) electrons. The lowest BCUT2D eigenvalue weighted by Gasteiger charge is -2.38. The maximum atomic E-state index is 13.3. The molecule has 0 saturated carbocycles. The van der Waals surface area contributed by atoms with Crippen LogP contribution in [0.3, 0.4) is 0 Å². The fourth-order valence-electron chi connectivity index (χ4n) is 3.39. The van der Waals surface area contributed by atoms with E-state index in [-0.39, 0.29) is 18.1 Å². The number of piperidine rings is 1. The molecule has 3 aromatic rings. The molecule has 6 nitrogen and oxygen atoms in total. The fraction of sp³-hybridized carbons (Fsp3) is 0.350. The lowest BCUT2D eigenvalue weighted by atomic mass is 10.00. The molecule has 3 aromatic heterocycles. The van der Waals surface area contributed by atoms with Crippen molar-refractivity contribution in [3.05, 3.63) is 46.4 Å². The highest BCUT2D eigenvalue weighted by molar-refractivity contribution is 7.20. The molecule has 0 aliphatic carbocycles. The molecule has 2 N–H and O–H groups in total. The van der Waals surface area contributed by atoms with Gasteiger partial charge in [0.2, 0.25) is 5.88 Å². The third-order valence-electron chi connectivity index (χ3n) is 5.10. The van der Waals surface area contributed by atoms with Gasteiger partial charge < -0.3 is 15.4 Å². The van der Waals surface area contributed by atoms with Crippen LogP contribution in [0.1, 0.15) is 35.7 Å². The van der Waals surface area contributed by atoms with Gasteiger partial charge in [-0.05, 0) is 44.2 Å². The van der Waals surface area contributed by atoms with E-state index in [1.807, 2.05) is 28.7 Å². The van der Waals surface area contributed by atoms with E-state index in [2.05, 4.69) is 16.9 Å². The Morgan fingerprint density at radius 3 is 2.86 bits per heavy atom. The maximum absolute atomic E-state index is 13.3. The predicted molar refractivity (Wildman–Crippen MR) is 113 cm³/mol. The molecular formula is C20H22N4O2S2. The molecule has 0 spiro atoms. The zero-order valence-electron chi connectivity index (χ0n) is 15.8. The summed E-state index contributed by atoms with van der Waals surface area (Å²) in [6, 6.07) is 3.81. The van der Waals surface area contributed by atoms with Crippen molar-refractivity contribution in [3.63, 3.8) is 0 Å². The summed E-state index contributed by atoms with van der Waals surface area (Å²) < 4.78 is 6.12. The standard InChI is InChI=1S/C20H22N4O2S2/c1-12-3-4-14(26-18-13(2)16(21)5-7-22-18)11-24(12)20(25)15-6-9-27-17(15)19-23-8-10-28-19/h5-10,12,14H,3-4,11H2,1-2H3,(H2,21,22). The van der Waals surface area contributed by atoms with Gasteiger partial charge in [0.15, 0.2) is 0 Å². The summed E-state index contributed by atoms with van der Waals surface area (Å²) in [5, 5.41) is 4.76. The van der Waals surface area contributed by atoms with Gasteiger partial charge in [-0.2, -0.15) is 0 Å². The molecule has 4 heterocycles. The summed E-state index contributed by atoms with van der Waals surface area (Å²) in [4.78, 5) is 24.8. The van der Waals surface area contributed by atoms with E-state index in [0.717, 1.165) is 28.3 Å². The molecule has 1 saturated heterocycles. The quantitative estimate of drug-likeness (QED) is 0.691. The lowest BCUT2D eigenvalue weighted by molar-refractivity contribution is 0.0372. The van der Waals surface area contributed by atoms with Gasteiger partial charge >= 0.3 is 0 Å². The number of carbonyl (C=O) groups is 1. The number of nitrogens with zero attached hydrogens (tertiary/aromatic N) is 3. The van der Waals surface area contributed by atoms with Crippen LogP contribution < -0.4 is 10.5 Å². The number of thiazole rings is 1. The normalized spacial score (nSPS) is 19.6. The van der Waals surface area contributed by atoms with E-state index in [9.17, 15) is 4.79 Å². The first-order valence-corrected chi connectivity index (χ1v) is 11.0. The monoisotopic (exact) mass is 414 g/mol. The van der Waals surface area contributed by atoms with Crippen LogP contribution in [0.25, 0.3) is 9.88 Å². The van der Waals surface area contributed by atoms with Gasteiger partial charge in [0.05, 0.1) is 17.0 Å². The smallest absolute Gasteiger partial charge is 0.255 e. The maximum Gasteiger partial charge on any atom is 0.255 e. The molecule has 146 valence electrons. The summed E-state index contributed by atoms with van der Waals surface area (Å²) in [7, 11) is 0.